The van der Waals surface area contributed by atoms with Gasteiger partial charge in [-0.15, -0.1) is 0 Å². The largest absolute Gasteiger partial charge is 0.337 e. The lowest BCUT2D eigenvalue weighted by atomic mass is 10.2. The third-order valence-electron chi connectivity index (χ3n) is 4.24. The molecule has 1 fully saturated rings. The molecule has 1 aliphatic heterocycles. The van der Waals surface area contributed by atoms with Crippen molar-refractivity contribution in [1.82, 2.24) is 9.21 Å². The Bertz CT molecular complexity index is 905. The number of carbonyl (C=O) groups excluding carboxylic acids is 1. The van der Waals surface area contributed by atoms with Crippen LogP contribution in [-0.2, 0) is 14.8 Å². The summed E-state index contributed by atoms with van der Waals surface area (Å²) in [4.78, 5) is 14.1. The molecule has 26 heavy (non-hydrogen) atoms. The molecule has 0 aliphatic carbocycles. The predicted molar refractivity (Wildman–Crippen MR) is 97.2 cm³/mol. The highest BCUT2D eigenvalue weighted by Gasteiger charge is 2.29. The van der Waals surface area contributed by atoms with Gasteiger partial charge in [0.1, 0.15) is 5.82 Å². The van der Waals surface area contributed by atoms with E-state index >= 15 is 0 Å². The maximum absolute atomic E-state index is 13.6. The van der Waals surface area contributed by atoms with Gasteiger partial charge < -0.3 is 4.90 Å². The quantitative estimate of drug-likeness (QED) is 0.772. The Labute approximate surface area is 152 Å². The fraction of sp³-hybridized carbons (Fsp3) is 0.211. The van der Waals surface area contributed by atoms with Crippen LogP contribution in [0.2, 0.25) is 0 Å². The summed E-state index contributed by atoms with van der Waals surface area (Å²) in [6.45, 7) is 1.06. The lowest BCUT2D eigenvalue weighted by Gasteiger charge is -2.33. The molecule has 0 unspecified atom stereocenters. The number of piperazine rings is 1. The zero-order chi connectivity index (χ0) is 18.6. The lowest BCUT2D eigenvalue weighted by molar-refractivity contribution is -0.127. The van der Waals surface area contributed by atoms with Crippen molar-refractivity contribution < 1.29 is 17.6 Å². The second kappa shape index (κ2) is 7.80. The van der Waals surface area contributed by atoms with E-state index in [4.69, 9.17) is 0 Å². The van der Waals surface area contributed by atoms with Gasteiger partial charge in [-0.3, -0.25) is 4.79 Å². The number of amides is 1. The molecule has 3 rings (SSSR count). The number of hydrogen-bond acceptors (Lipinski definition) is 3. The Morgan fingerprint density at radius 2 is 1.54 bits per heavy atom. The number of benzene rings is 2. The molecule has 0 N–H and O–H groups in total. The molecule has 2 aromatic rings. The lowest BCUT2D eigenvalue weighted by Crippen LogP contribution is -2.50. The van der Waals surface area contributed by atoms with Crippen LogP contribution in [0.25, 0.3) is 6.08 Å². The molecular formula is C19H19FN2O3S. The molecule has 1 aliphatic rings. The minimum atomic E-state index is -3.54. The van der Waals surface area contributed by atoms with Crippen LogP contribution in [0.15, 0.2) is 65.6 Å². The van der Waals surface area contributed by atoms with Gasteiger partial charge in [-0.2, -0.15) is 4.31 Å². The zero-order valence-corrected chi connectivity index (χ0v) is 14.9. The average molecular weight is 374 g/mol. The van der Waals surface area contributed by atoms with Crippen LogP contribution in [-0.4, -0.2) is 49.7 Å². The summed E-state index contributed by atoms with van der Waals surface area (Å²) in [5, 5.41) is 0. The summed E-state index contributed by atoms with van der Waals surface area (Å²) in [7, 11) is -3.54. The summed E-state index contributed by atoms with van der Waals surface area (Å²) < 4.78 is 40.1. The van der Waals surface area contributed by atoms with Gasteiger partial charge in [-0.25, -0.2) is 12.8 Å². The number of hydrogen-bond donors (Lipinski definition) is 0. The molecule has 0 aromatic heterocycles. The number of halogens is 1. The van der Waals surface area contributed by atoms with Gasteiger partial charge in [-0.1, -0.05) is 36.4 Å². The van der Waals surface area contributed by atoms with Crippen LogP contribution in [0.1, 0.15) is 5.56 Å². The van der Waals surface area contributed by atoms with Gasteiger partial charge >= 0.3 is 0 Å². The first-order valence-corrected chi connectivity index (χ1v) is 9.69. The van der Waals surface area contributed by atoms with E-state index in [1.54, 1.807) is 53.4 Å². The standard InChI is InChI=1S/C19H19FN2O3S/c20-18-9-5-4-6-16(18)10-11-19(23)21-12-14-22(15-13-21)26(24,25)17-7-2-1-3-8-17/h1-11H,12-15H2. The first kappa shape index (κ1) is 18.3. The highest BCUT2D eigenvalue weighted by atomic mass is 32.2. The molecule has 0 radical (unpaired) electrons. The maximum atomic E-state index is 13.6. The molecule has 0 spiro atoms. The number of sulfonamides is 1. The van der Waals surface area contributed by atoms with Crippen LogP contribution in [0, 0.1) is 5.82 Å². The van der Waals surface area contributed by atoms with Gasteiger partial charge in [0.05, 0.1) is 4.90 Å². The maximum Gasteiger partial charge on any atom is 0.246 e. The van der Waals surface area contributed by atoms with Gasteiger partial charge in [0.15, 0.2) is 0 Å². The number of carbonyl (C=O) groups is 1. The zero-order valence-electron chi connectivity index (χ0n) is 14.1. The highest BCUT2D eigenvalue weighted by molar-refractivity contribution is 7.89. The van der Waals surface area contributed by atoms with E-state index in [1.165, 1.54) is 22.5 Å². The van der Waals surface area contributed by atoms with Crippen LogP contribution < -0.4 is 0 Å². The second-order valence-electron chi connectivity index (χ2n) is 5.90. The Morgan fingerprint density at radius 1 is 0.923 bits per heavy atom. The molecule has 1 saturated heterocycles. The first-order chi connectivity index (χ1) is 12.5. The van der Waals surface area contributed by atoms with Crippen molar-refractivity contribution in [3.8, 4) is 0 Å². The monoisotopic (exact) mass is 374 g/mol. The fourth-order valence-electron chi connectivity index (χ4n) is 2.77. The van der Waals surface area contributed by atoms with Gasteiger partial charge in [-0.05, 0) is 24.3 Å². The Kier molecular flexibility index (Phi) is 5.49. The molecule has 5 nitrogen and oxygen atoms in total. The van der Waals surface area contributed by atoms with E-state index in [9.17, 15) is 17.6 Å². The van der Waals surface area contributed by atoms with Crippen LogP contribution in [0.4, 0.5) is 4.39 Å². The van der Waals surface area contributed by atoms with Crippen molar-refractivity contribution in [3.05, 3.63) is 72.1 Å². The summed E-state index contributed by atoms with van der Waals surface area (Å²) in [5.41, 5.74) is 0.339. The average Bonchev–Trinajstić information content (AvgIpc) is 2.68. The van der Waals surface area contributed by atoms with Gasteiger partial charge in [0, 0.05) is 37.8 Å². The fourth-order valence-corrected chi connectivity index (χ4v) is 4.21. The van der Waals surface area contributed by atoms with Crippen molar-refractivity contribution in [2.24, 2.45) is 0 Å². The second-order valence-corrected chi connectivity index (χ2v) is 7.84. The van der Waals surface area contributed by atoms with E-state index in [-0.39, 0.29) is 23.9 Å². The van der Waals surface area contributed by atoms with Crippen molar-refractivity contribution in [2.75, 3.05) is 26.2 Å². The van der Waals surface area contributed by atoms with Crippen LogP contribution >= 0.6 is 0 Å². The molecule has 7 heteroatoms. The molecule has 1 heterocycles. The van der Waals surface area contributed by atoms with E-state index < -0.39 is 15.8 Å². The Balaban J connectivity index is 1.62. The normalized spacial score (nSPS) is 16.1. The van der Waals surface area contributed by atoms with Gasteiger partial charge in [0.25, 0.3) is 0 Å². The van der Waals surface area contributed by atoms with Crippen molar-refractivity contribution in [1.29, 1.82) is 0 Å². The molecule has 2 aromatic carbocycles. The van der Waals surface area contributed by atoms with Crippen LogP contribution in [0.3, 0.4) is 0 Å². The van der Waals surface area contributed by atoms with Crippen LogP contribution in [0.5, 0.6) is 0 Å². The number of nitrogens with zero attached hydrogens (tertiary/aromatic N) is 2. The molecular weight excluding hydrogens is 355 g/mol. The molecule has 0 atom stereocenters. The molecule has 0 bridgehead atoms. The Hall–Kier alpha value is -2.51. The minimum absolute atomic E-state index is 0.233. The third kappa shape index (κ3) is 4.00. The molecule has 136 valence electrons. The summed E-state index contributed by atoms with van der Waals surface area (Å²) in [6, 6.07) is 14.4. The minimum Gasteiger partial charge on any atom is -0.337 e. The van der Waals surface area contributed by atoms with E-state index in [0.29, 0.717) is 18.7 Å². The predicted octanol–water partition coefficient (Wildman–Crippen LogP) is 2.37. The number of rotatable bonds is 4. The third-order valence-corrected chi connectivity index (χ3v) is 6.15. The van der Waals surface area contributed by atoms with Crippen molar-refractivity contribution >= 4 is 22.0 Å². The highest BCUT2D eigenvalue weighted by Crippen LogP contribution is 2.17. The molecule has 0 saturated carbocycles. The van der Waals surface area contributed by atoms with Crippen molar-refractivity contribution in [3.63, 3.8) is 0 Å². The summed E-state index contributed by atoms with van der Waals surface area (Å²) in [6.07, 6.45) is 2.75. The summed E-state index contributed by atoms with van der Waals surface area (Å²) >= 11 is 0. The first-order valence-electron chi connectivity index (χ1n) is 8.25. The van der Waals surface area contributed by atoms with Gasteiger partial charge in [0.2, 0.25) is 15.9 Å². The summed E-state index contributed by atoms with van der Waals surface area (Å²) in [5.74, 6) is -0.652. The molecule has 1 amide bonds. The van der Waals surface area contributed by atoms with E-state index in [0.717, 1.165) is 0 Å². The smallest absolute Gasteiger partial charge is 0.246 e. The Morgan fingerprint density at radius 3 is 2.19 bits per heavy atom. The topological polar surface area (TPSA) is 57.7 Å². The SMILES string of the molecule is O=C(C=Cc1ccccc1F)N1CCN(S(=O)(=O)c2ccccc2)CC1. The van der Waals surface area contributed by atoms with Crippen molar-refractivity contribution in [2.45, 2.75) is 4.90 Å². The van der Waals surface area contributed by atoms with E-state index in [1.807, 2.05) is 0 Å². The van der Waals surface area contributed by atoms with E-state index in [2.05, 4.69) is 0 Å².